The van der Waals surface area contributed by atoms with E-state index in [-0.39, 0.29) is 0 Å². The van der Waals surface area contributed by atoms with E-state index in [1.165, 1.54) is 0 Å². The summed E-state index contributed by atoms with van der Waals surface area (Å²) in [5.41, 5.74) is 0. The van der Waals surface area contributed by atoms with Crippen LogP contribution in [0.5, 0.6) is 0 Å². The quantitative estimate of drug-likeness (QED) is 0.870. The molecule has 7 heteroatoms. The minimum atomic E-state index is 0.310. The number of amides is 1. The Morgan fingerprint density at radius 1 is 1.33 bits per heavy atom. The Morgan fingerprint density at radius 2 is 2.10 bits per heavy atom. The molecule has 0 N–H and O–H groups in total. The summed E-state index contributed by atoms with van der Waals surface area (Å²) in [6, 6.07) is 0. The summed E-state index contributed by atoms with van der Waals surface area (Å²) >= 11 is 1.62. The topological polar surface area (TPSA) is 63.4 Å². The Kier molecular flexibility index (Phi) is 4.19. The molecule has 0 spiro atoms. The summed E-state index contributed by atoms with van der Waals surface area (Å²) in [7, 11) is 0. The van der Waals surface area contributed by atoms with Crippen molar-refractivity contribution in [3.8, 4) is 0 Å². The molecule has 1 saturated heterocycles. The van der Waals surface area contributed by atoms with Gasteiger partial charge >= 0.3 is 0 Å². The fourth-order valence-electron chi connectivity index (χ4n) is 2.76. The molecule has 0 aromatic carbocycles. The second kappa shape index (κ2) is 6.09. The van der Waals surface area contributed by atoms with Crippen LogP contribution in [-0.2, 0) is 4.79 Å². The van der Waals surface area contributed by atoms with Gasteiger partial charge in [0.15, 0.2) is 5.82 Å². The van der Waals surface area contributed by atoms with E-state index >= 15 is 0 Å². The third kappa shape index (κ3) is 2.92. The van der Waals surface area contributed by atoms with Crippen molar-refractivity contribution in [3.63, 3.8) is 0 Å². The van der Waals surface area contributed by atoms with Gasteiger partial charge in [0, 0.05) is 25.4 Å². The van der Waals surface area contributed by atoms with E-state index in [9.17, 15) is 4.79 Å². The minimum absolute atomic E-state index is 0.310. The molecule has 1 amide bonds. The van der Waals surface area contributed by atoms with Gasteiger partial charge in [0.05, 0.1) is 0 Å². The predicted molar refractivity (Wildman–Crippen MR) is 81.5 cm³/mol. The molecule has 2 aromatic heterocycles. The molecule has 1 aliphatic rings. The van der Waals surface area contributed by atoms with Gasteiger partial charge in [-0.05, 0) is 26.2 Å². The molecule has 0 bridgehead atoms. The SMILES string of the molecule is CCCCC(=O)N1CCC(c2nn3c(C)nnc3s2)CC1. The zero-order chi connectivity index (χ0) is 14.8. The maximum absolute atomic E-state index is 12.0. The van der Waals surface area contributed by atoms with E-state index in [0.717, 1.165) is 54.6 Å². The molecule has 2 aromatic rings. The molecule has 6 nitrogen and oxygen atoms in total. The van der Waals surface area contributed by atoms with Gasteiger partial charge < -0.3 is 4.90 Å². The van der Waals surface area contributed by atoms with Gasteiger partial charge in [-0.1, -0.05) is 24.7 Å². The molecule has 0 aliphatic carbocycles. The number of likely N-dealkylation sites (tertiary alicyclic amines) is 1. The standard InChI is InChI=1S/C14H21N5OS/c1-3-4-5-12(20)18-8-6-11(7-9-18)13-17-19-10(2)15-16-14(19)21-13/h11H,3-9H2,1-2H3. The van der Waals surface area contributed by atoms with Crippen LogP contribution in [0.4, 0.5) is 0 Å². The van der Waals surface area contributed by atoms with Crippen LogP contribution in [0.3, 0.4) is 0 Å². The smallest absolute Gasteiger partial charge is 0.234 e. The van der Waals surface area contributed by atoms with Gasteiger partial charge in [0.1, 0.15) is 5.01 Å². The molecule has 3 rings (SSSR count). The number of piperidine rings is 1. The number of rotatable bonds is 4. The molecule has 0 saturated carbocycles. The van der Waals surface area contributed by atoms with Crippen LogP contribution in [0.25, 0.3) is 4.96 Å². The molecule has 0 atom stereocenters. The summed E-state index contributed by atoms with van der Waals surface area (Å²) in [5, 5.41) is 13.9. The molecule has 1 fully saturated rings. The van der Waals surface area contributed by atoms with Crippen molar-refractivity contribution in [1.82, 2.24) is 24.7 Å². The second-order valence-electron chi connectivity index (χ2n) is 5.64. The molecular weight excluding hydrogens is 286 g/mol. The first kappa shape index (κ1) is 14.4. The zero-order valence-corrected chi connectivity index (χ0v) is 13.4. The van der Waals surface area contributed by atoms with Gasteiger partial charge in [-0.25, -0.2) is 0 Å². The Balaban J connectivity index is 1.61. The van der Waals surface area contributed by atoms with Gasteiger partial charge in [0.25, 0.3) is 0 Å². The van der Waals surface area contributed by atoms with Crippen LogP contribution < -0.4 is 0 Å². The van der Waals surface area contributed by atoms with Crippen LogP contribution in [0.15, 0.2) is 0 Å². The highest BCUT2D eigenvalue weighted by molar-refractivity contribution is 7.16. The highest BCUT2D eigenvalue weighted by atomic mass is 32.1. The first-order valence-electron chi connectivity index (χ1n) is 7.65. The molecule has 0 unspecified atom stereocenters. The number of aryl methyl sites for hydroxylation is 1. The fraction of sp³-hybridized carbons (Fsp3) is 0.714. The van der Waals surface area contributed by atoms with Crippen LogP contribution in [-0.4, -0.2) is 43.7 Å². The van der Waals surface area contributed by atoms with Crippen molar-refractivity contribution in [2.24, 2.45) is 0 Å². The third-order valence-corrected chi connectivity index (χ3v) is 5.16. The highest BCUT2D eigenvalue weighted by Gasteiger charge is 2.26. The van der Waals surface area contributed by atoms with Crippen molar-refractivity contribution in [3.05, 3.63) is 10.8 Å². The van der Waals surface area contributed by atoms with Gasteiger partial charge in [-0.3, -0.25) is 4.79 Å². The lowest BCUT2D eigenvalue weighted by molar-refractivity contribution is -0.132. The Labute approximate surface area is 128 Å². The molecule has 3 heterocycles. The van der Waals surface area contributed by atoms with E-state index in [2.05, 4.69) is 22.2 Å². The van der Waals surface area contributed by atoms with Crippen molar-refractivity contribution >= 4 is 22.2 Å². The van der Waals surface area contributed by atoms with Gasteiger partial charge in [-0.15, -0.1) is 10.2 Å². The fourth-order valence-corrected chi connectivity index (χ4v) is 3.81. The van der Waals surface area contributed by atoms with Crippen LogP contribution in [0, 0.1) is 6.92 Å². The summed E-state index contributed by atoms with van der Waals surface area (Å²) in [5.74, 6) is 1.59. The Bertz CT molecular complexity index is 626. The molecule has 1 aliphatic heterocycles. The first-order valence-corrected chi connectivity index (χ1v) is 8.47. The largest absolute Gasteiger partial charge is 0.343 e. The number of carbonyl (C=O) groups excluding carboxylic acids is 1. The van der Waals surface area contributed by atoms with E-state index in [1.54, 1.807) is 11.3 Å². The average Bonchev–Trinajstić information content (AvgIpc) is 3.07. The lowest BCUT2D eigenvalue weighted by Crippen LogP contribution is -2.37. The number of carbonyl (C=O) groups is 1. The lowest BCUT2D eigenvalue weighted by Gasteiger charge is -2.31. The number of hydrogen-bond acceptors (Lipinski definition) is 5. The zero-order valence-electron chi connectivity index (χ0n) is 12.6. The Hall–Kier alpha value is -1.50. The normalized spacial score (nSPS) is 16.8. The maximum Gasteiger partial charge on any atom is 0.234 e. The number of fused-ring (bicyclic) bond motifs is 1. The van der Waals surface area contributed by atoms with E-state index < -0.39 is 0 Å². The van der Waals surface area contributed by atoms with E-state index in [4.69, 9.17) is 0 Å². The first-order chi connectivity index (χ1) is 10.2. The van der Waals surface area contributed by atoms with Gasteiger partial charge in [0.2, 0.25) is 10.9 Å². The average molecular weight is 307 g/mol. The van der Waals surface area contributed by atoms with Gasteiger partial charge in [-0.2, -0.15) is 9.61 Å². The molecule has 0 radical (unpaired) electrons. The number of aromatic nitrogens is 4. The van der Waals surface area contributed by atoms with Crippen LogP contribution >= 0.6 is 11.3 Å². The highest BCUT2D eigenvalue weighted by Crippen LogP contribution is 2.31. The number of hydrogen-bond donors (Lipinski definition) is 0. The van der Waals surface area contributed by atoms with Crippen molar-refractivity contribution in [2.45, 2.75) is 51.9 Å². The van der Waals surface area contributed by atoms with Crippen LogP contribution in [0.1, 0.15) is 55.8 Å². The Morgan fingerprint density at radius 3 is 2.76 bits per heavy atom. The summed E-state index contributed by atoms with van der Waals surface area (Å²) in [4.78, 5) is 14.9. The molecule has 21 heavy (non-hydrogen) atoms. The number of nitrogens with zero attached hydrogens (tertiary/aromatic N) is 5. The van der Waals surface area contributed by atoms with Crippen molar-refractivity contribution in [1.29, 1.82) is 0 Å². The van der Waals surface area contributed by atoms with Crippen LogP contribution in [0.2, 0.25) is 0 Å². The third-order valence-electron chi connectivity index (χ3n) is 4.10. The minimum Gasteiger partial charge on any atom is -0.343 e. The second-order valence-corrected chi connectivity index (χ2v) is 6.63. The van der Waals surface area contributed by atoms with Crippen molar-refractivity contribution in [2.75, 3.05) is 13.1 Å². The summed E-state index contributed by atoms with van der Waals surface area (Å²) in [6.45, 7) is 5.74. The van der Waals surface area contributed by atoms with Crippen molar-refractivity contribution < 1.29 is 4.79 Å². The maximum atomic E-state index is 12.0. The lowest BCUT2D eigenvalue weighted by atomic mass is 9.97. The van der Waals surface area contributed by atoms with E-state index in [0.29, 0.717) is 18.2 Å². The number of unbranched alkanes of at least 4 members (excludes halogenated alkanes) is 1. The molecule has 114 valence electrons. The summed E-state index contributed by atoms with van der Waals surface area (Å²) in [6.07, 6.45) is 4.77. The van der Waals surface area contributed by atoms with E-state index in [1.807, 2.05) is 16.3 Å². The molecular formula is C14H21N5OS. The monoisotopic (exact) mass is 307 g/mol. The predicted octanol–water partition coefficient (Wildman–Crippen LogP) is 2.39. The summed E-state index contributed by atoms with van der Waals surface area (Å²) < 4.78 is 1.82.